The van der Waals surface area contributed by atoms with Crippen molar-refractivity contribution in [1.29, 1.82) is 0 Å². The first-order valence-electron chi connectivity index (χ1n) is 8.12. The van der Waals surface area contributed by atoms with Crippen molar-refractivity contribution < 1.29 is 14.7 Å². The molecule has 0 spiro atoms. The summed E-state index contributed by atoms with van der Waals surface area (Å²) in [7, 11) is 1.78. The van der Waals surface area contributed by atoms with Crippen molar-refractivity contribution in [1.82, 2.24) is 9.80 Å². The van der Waals surface area contributed by atoms with E-state index < -0.39 is 0 Å². The molecule has 1 unspecified atom stereocenters. The van der Waals surface area contributed by atoms with E-state index in [4.69, 9.17) is 0 Å². The van der Waals surface area contributed by atoms with Crippen LogP contribution >= 0.6 is 0 Å². The fraction of sp³-hybridized carbons (Fsp3) is 0.875. The first-order chi connectivity index (χ1) is 9.90. The van der Waals surface area contributed by atoms with Crippen LogP contribution in [0.15, 0.2) is 0 Å². The third kappa shape index (κ3) is 4.19. The molecule has 0 aromatic carbocycles. The van der Waals surface area contributed by atoms with Crippen molar-refractivity contribution in [2.45, 2.75) is 45.6 Å². The quantitative estimate of drug-likeness (QED) is 0.827. The Kier molecular flexibility index (Phi) is 5.25. The van der Waals surface area contributed by atoms with Crippen LogP contribution in [0.5, 0.6) is 0 Å². The number of hydrogen-bond donors (Lipinski definition) is 1. The first-order valence-corrected chi connectivity index (χ1v) is 8.12. The number of nitrogens with zero attached hydrogens (tertiary/aromatic N) is 2. The lowest BCUT2D eigenvalue weighted by molar-refractivity contribution is -0.142. The number of carbonyl (C=O) groups is 2. The van der Waals surface area contributed by atoms with Crippen LogP contribution in [0.25, 0.3) is 0 Å². The van der Waals surface area contributed by atoms with E-state index in [1.807, 2.05) is 18.7 Å². The second-order valence-corrected chi connectivity index (χ2v) is 6.88. The molecule has 1 atom stereocenters. The van der Waals surface area contributed by atoms with Crippen LogP contribution in [-0.2, 0) is 9.59 Å². The topological polar surface area (TPSA) is 60.9 Å². The first kappa shape index (κ1) is 16.3. The molecule has 5 heteroatoms. The van der Waals surface area contributed by atoms with E-state index in [0.717, 1.165) is 25.7 Å². The number of aliphatic hydroxyl groups excluding tert-OH is 1. The van der Waals surface area contributed by atoms with E-state index in [0.29, 0.717) is 25.6 Å². The second-order valence-electron chi connectivity index (χ2n) is 6.88. The summed E-state index contributed by atoms with van der Waals surface area (Å²) in [4.78, 5) is 27.9. The predicted octanol–water partition coefficient (Wildman–Crippen LogP) is 1.11. The number of likely N-dealkylation sites (N-methyl/N-ethyl adjacent to an activating group) is 1. The minimum Gasteiger partial charge on any atom is -0.391 e. The summed E-state index contributed by atoms with van der Waals surface area (Å²) < 4.78 is 0. The number of carbonyl (C=O) groups excluding carboxylic acids is 2. The highest BCUT2D eigenvalue weighted by molar-refractivity contribution is 5.80. The van der Waals surface area contributed by atoms with Crippen molar-refractivity contribution in [3.63, 3.8) is 0 Å². The number of hydrogen-bond acceptors (Lipinski definition) is 3. The highest BCUT2D eigenvalue weighted by Crippen LogP contribution is 2.33. The van der Waals surface area contributed by atoms with E-state index in [-0.39, 0.29) is 29.8 Å². The fourth-order valence-electron chi connectivity index (χ4n) is 3.02. The molecule has 1 aliphatic carbocycles. The van der Waals surface area contributed by atoms with Gasteiger partial charge in [-0.05, 0) is 31.6 Å². The fourth-order valence-corrected chi connectivity index (χ4v) is 3.02. The molecule has 0 aromatic rings. The standard InChI is InChI=1S/C16H28N2O3/c1-11(2)15(20)18-8-6-13(7-9-18)16(21)17(3)10-14(19)12-4-5-12/h11-14,19H,4-10H2,1-3H3. The summed E-state index contributed by atoms with van der Waals surface area (Å²) in [5, 5.41) is 9.94. The van der Waals surface area contributed by atoms with Gasteiger partial charge >= 0.3 is 0 Å². The number of likely N-dealkylation sites (tertiary alicyclic amines) is 1. The van der Waals surface area contributed by atoms with Crippen LogP contribution in [0.3, 0.4) is 0 Å². The number of aliphatic hydroxyl groups is 1. The van der Waals surface area contributed by atoms with Crippen molar-refractivity contribution in [2.24, 2.45) is 17.8 Å². The van der Waals surface area contributed by atoms with E-state index >= 15 is 0 Å². The Morgan fingerprint density at radius 1 is 1.19 bits per heavy atom. The van der Waals surface area contributed by atoms with Gasteiger partial charge < -0.3 is 14.9 Å². The molecule has 1 aliphatic heterocycles. The Morgan fingerprint density at radius 2 is 1.76 bits per heavy atom. The van der Waals surface area contributed by atoms with Gasteiger partial charge in [-0.25, -0.2) is 0 Å². The lowest BCUT2D eigenvalue weighted by Gasteiger charge is -2.34. The Morgan fingerprint density at radius 3 is 2.24 bits per heavy atom. The highest BCUT2D eigenvalue weighted by Gasteiger charge is 2.34. The third-order valence-corrected chi connectivity index (χ3v) is 4.65. The third-order valence-electron chi connectivity index (χ3n) is 4.65. The molecule has 2 rings (SSSR count). The normalized spacial score (nSPS) is 21.5. The molecular formula is C16H28N2O3. The van der Waals surface area contributed by atoms with Crippen LogP contribution in [0.4, 0.5) is 0 Å². The van der Waals surface area contributed by atoms with Gasteiger partial charge in [0, 0.05) is 38.5 Å². The molecule has 5 nitrogen and oxygen atoms in total. The zero-order valence-electron chi connectivity index (χ0n) is 13.4. The second kappa shape index (κ2) is 6.77. The van der Waals surface area contributed by atoms with Gasteiger partial charge in [-0.3, -0.25) is 9.59 Å². The Bertz CT molecular complexity index is 385. The largest absolute Gasteiger partial charge is 0.391 e. The van der Waals surface area contributed by atoms with E-state index in [2.05, 4.69) is 0 Å². The summed E-state index contributed by atoms with van der Waals surface area (Å²) in [6.45, 7) is 5.60. The van der Waals surface area contributed by atoms with Crippen LogP contribution in [0, 0.1) is 17.8 Å². The van der Waals surface area contributed by atoms with Crippen LogP contribution < -0.4 is 0 Å². The summed E-state index contributed by atoms with van der Waals surface area (Å²) >= 11 is 0. The lowest BCUT2D eigenvalue weighted by atomic mass is 9.94. The van der Waals surface area contributed by atoms with Crippen molar-refractivity contribution in [2.75, 3.05) is 26.7 Å². The van der Waals surface area contributed by atoms with Crippen LogP contribution in [-0.4, -0.2) is 59.5 Å². The summed E-state index contributed by atoms with van der Waals surface area (Å²) in [5.74, 6) is 0.710. The molecular weight excluding hydrogens is 268 g/mol. The zero-order chi connectivity index (χ0) is 15.6. The van der Waals surface area contributed by atoms with Gasteiger partial charge in [0.05, 0.1) is 6.10 Å². The maximum atomic E-state index is 12.4. The average Bonchev–Trinajstić information content (AvgIpc) is 3.30. The molecule has 2 aliphatic rings. The maximum absolute atomic E-state index is 12.4. The van der Waals surface area contributed by atoms with E-state index in [1.165, 1.54) is 0 Å². The average molecular weight is 296 g/mol. The van der Waals surface area contributed by atoms with Crippen molar-refractivity contribution in [3.05, 3.63) is 0 Å². The Labute approximate surface area is 127 Å². The molecule has 2 amide bonds. The minimum atomic E-state index is -0.374. The van der Waals surface area contributed by atoms with Crippen LogP contribution in [0.2, 0.25) is 0 Å². The molecule has 1 saturated heterocycles. The summed E-state index contributed by atoms with van der Waals surface area (Å²) in [6, 6.07) is 0. The maximum Gasteiger partial charge on any atom is 0.225 e. The molecule has 1 saturated carbocycles. The molecule has 21 heavy (non-hydrogen) atoms. The summed E-state index contributed by atoms with van der Waals surface area (Å²) in [6.07, 6.45) is 3.27. The van der Waals surface area contributed by atoms with Gasteiger partial charge in [0.15, 0.2) is 0 Å². The van der Waals surface area contributed by atoms with Crippen molar-refractivity contribution in [3.8, 4) is 0 Å². The molecule has 0 bridgehead atoms. The van der Waals surface area contributed by atoms with Crippen molar-refractivity contribution >= 4 is 11.8 Å². The van der Waals surface area contributed by atoms with Gasteiger partial charge in [-0.2, -0.15) is 0 Å². The predicted molar refractivity (Wildman–Crippen MR) is 80.5 cm³/mol. The van der Waals surface area contributed by atoms with Gasteiger partial charge in [0.25, 0.3) is 0 Å². The van der Waals surface area contributed by atoms with E-state index in [9.17, 15) is 14.7 Å². The molecule has 2 fully saturated rings. The smallest absolute Gasteiger partial charge is 0.225 e. The molecule has 1 heterocycles. The highest BCUT2D eigenvalue weighted by atomic mass is 16.3. The Hall–Kier alpha value is -1.10. The number of piperidine rings is 1. The molecule has 120 valence electrons. The molecule has 0 aromatic heterocycles. The number of amides is 2. The zero-order valence-corrected chi connectivity index (χ0v) is 13.4. The van der Waals surface area contributed by atoms with E-state index in [1.54, 1.807) is 11.9 Å². The van der Waals surface area contributed by atoms with Crippen LogP contribution in [0.1, 0.15) is 39.5 Å². The van der Waals surface area contributed by atoms with Gasteiger partial charge in [0.2, 0.25) is 11.8 Å². The Balaban J connectivity index is 1.78. The summed E-state index contributed by atoms with van der Waals surface area (Å²) in [5.41, 5.74) is 0. The molecule has 0 radical (unpaired) electrons. The van der Waals surface area contributed by atoms with Gasteiger partial charge in [-0.1, -0.05) is 13.8 Å². The molecule has 1 N–H and O–H groups in total. The number of rotatable bonds is 5. The van der Waals surface area contributed by atoms with Gasteiger partial charge in [-0.15, -0.1) is 0 Å². The minimum absolute atomic E-state index is 0.00221. The SMILES string of the molecule is CC(C)C(=O)N1CCC(C(=O)N(C)CC(O)C2CC2)CC1. The van der Waals surface area contributed by atoms with Gasteiger partial charge in [0.1, 0.15) is 0 Å². The lowest BCUT2D eigenvalue weighted by Crippen LogP contribution is -2.46. The monoisotopic (exact) mass is 296 g/mol.